The number of unbranched alkanes of at least 4 members (excludes halogenated alkanes) is 2. The molecule has 0 spiro atoms. The fourth-order valence-corrected chi connectivity index (χ4v) is 1.60. The maximum absolute atomic E-state index is 11.1. The summed E-state index contributed by atoms with van der Waals surface area (Å²) in [7, 11) is 1.86. The zero-order valence-electron chi connectivity index (χ0n) is 10.6. The van der Waals surface area contributed by atoms with Crippen LogP contribution in [0.2, 0.25) is 0 Å². The van der Waals surface area contributed by atoms with Gasteiger partial charge in [0.15, 0.2) is 0 Å². The molecular formula is C12H19N3O2. The summed E-state index contributed by atoms with van der Waals surface area (Å²) in [6, 6.07) is 0. The Morgan fingerprint density at radius 3 is 2.76 bits per heavy atom. The third-order valence-corrected chi connectivity index (χ3v) is 2.58. The third-order valence-electron chi connectivity index (χ3n) is 2.58. The van der Waals surface area contributed by atoms with E-state index in [0.717, 1.165) is 25.8 Å². The van der Waals surface area contributed by atoms with Gasteiger partial charge in [0, 0.05) is 19.8 Å². The second kappa shape index (κ2) is 6.18. The van der Waals surface area contributed by atoms with Gasteiger partial charge in [-0.3, -0.25) is 0 Å². The van der Waals surface area contributed by atoms with E-state index in [2.05, 4.69) is 16.9 Å². The van der Waals surface area contributed by atoms with E-state index < -0.39 is 5.97 Å². The molecule has 1 aromatic rings. The summed E-state index contributed by atoms with van der Waals surface area (Å²) in [6.07, 6.45) is 4.69. The van der Waals surface area contributed by atoms with Crippen molar-refractivity contribution in [3.63, 3.8) is 0 Å². The van der Waals surface area contributed by atoms with Crippen molar-refractivity contribution in [3.8, 4) is 0 Å². The van der Waals surface area contributed by atoms with Gasteiger partial charge in [-0.1, -0.05) is 19.8 Å². The van der Waals surface area contributed by atoms with Crippen LogP contribution < -0.4 is 4.90 Å². The second-order valence-corrected chi connectivity index (χ2v) is 4.09. The number of nitrogens with zero attached hydrogens (tertiary/aromatic N) is 3. The maximum atomic E-state index is 11.1. The molecule has 0 aliphatic heterocycles. The zero-order chi connectivity index (χ0) is 12.8. The molecule has 5 nitrogen and oxygen atoms in total. The standard InChI is InChI=1S/C12H19N3O2/c1-4-5-6-7-15(3)11-10(12(16)17)8-13-9(2)14-11/h8H,4-7H2,1-3H3,(H,16,17). The predicted molar refractivity (Wildman–Crippen MR) is 66.5 cm³/mol. The molecule has 5 heteroatoms. The van der Waals surface area contributed by atoms with Gasteiger partial charge < -0.3 is 10.0 Å². The van der Waals surface area contributed by atoms with Crippen LogP contribution >= 0.6 is 0 Å². The largest absolute Gasteiger partial charge is 0.477 e. The van der Waals surface area contributed by atoms with E-state index in [0.29, 0.717) is 11.6 Å². The molecular weight excluding hydrogens is 218 g/mol. The molecule has 0 saturated heterocycles. The highest BCUT2D eigenvalue weighted by atomic mass is 16.4. The normalized spacial score (nSPS) is 10.3. The van der Waals surface area contributed by atoms with Gasteiger partial charge in [-0.2, -0.15) is 0 Å². The average Bonchev–Trinajstić information content (AvgIpc) is 2.28. The molecule has 0 bridgehead atoms. The lowest BCUT2D eigenvalue weighted by atomic mass is 10.2. The highest BCUT2D eigenvalue weighted by molar-refractivity contribution is 5.92. The van der Waals surface area contributed by atoms with Crippen molar-refractivity contribution in [1.82, 2.24) is 9.97 Å². The summed E-state index contributed by atoms with van der Waals surface area (Å²) in [4.78, 5) is 21.1. The number of carboxylic acids is 1. The minimum Gasteiger partial charge on any atom is -0.477 e. The van der Waals surface area contributed by atoms with Crippen LogP contribution in [0.1, 0.15) is 42.4 Å². The number of rotatable bonds is 6. The smallest absolute Gasteiger partial charge is 0.341 e. The molecule has 0 saturated carbocycles. The van der Waals surface area contributed by atoms with E-state index in [-0.39, 0.29) is 5.56 Å². The van der Waals surface area contributed by atoms with Gasteiger partial charge >= 0.3 is 5.97 Å². The third kappa shape index (κ3) is 3.69. The Kier molecular flexibility index (Phi) is 4.87. The zero-order valence-corrected chi connectivity index (χ0v) is 10.6. The molecule has 17 heavy (non-hydrogen) atoms. The Labute approximate surface area is 102 Å². The minimum atomic E-state index is -0.984. The number of hydrogen-bond acceptors (Lipinski definition) is 4. The van der Waals surface area contributed by atoms with Crippen LogP contribution in [0.4, 0.5) is 5.82 Å². The van der Waals surface area contributed by atoms with Gasteiger partial charge in [-0.05, 0) is 13.3 Å². The van der Waals surface area contributed by atoms with Crippen LogP contribution in [-0.4, -0.2) is 34.6 Å². The summed E-state index contributed by atoms with van der Waals surface area (Å²) in [5.74, 6) is 0.107. The Hall–Kier alpha value is -1.65. The van der Waals surface area contributed by atoms with E-state index in [1.807, 2.05) is 11.9 Å². The first-order chi connectivity index (χ1) is 8.06. The van der Waals surface area contributed by atoms with E-state index in [1.54, 1.807) is 6.92 Å². The molecule has 0 aliphatic carbocycles. The number of hydrogen-bond donors (Lipinski definition) is 1. The van der Waals surface area contributed by atoms with Crippen molar-refractivity contribution in [2.24, 2.45) is 0 Å². The molecule has 1 aromatic heterocycles. The lowest BCUT2D eigenvalue weighted by Crippen LogP contribution is -2.23. The Balaban J connectivity index is 2.86. The van der Waals surface area contributed by atoms with Crippen molar-refractivity contribution in [3.05, 3.63) is 17.6 Å². The molecule has 1 N–H and O–H groups in total. The van der Waals surface area contributed by atoms with Crippen LogP contribution in [0.25, 0.3) is 0 Å². The van der Waals surface area contributed by atoms with Gasteiger partial charge in [-0.25, -0.2) is 14.8 Å². The number of aryl methyl sites for hydroxylation is 1. The molecule has 0 unspecified atom stereocenters. The number of carbonyl (C=O) groups is 1. The van der Waals surface area contributed by atoms with Gasteiger partial charge in [0.2, 0.25) is 0 Å². The maximum Gasteiger partial charge on any atom is 0.341 e. The van der Waals surface area contributed by atoms with E-state index in [4.69, 9.17) is 5.11 Å². The topological polar surface area (TPSA) is 66.3 Å². The lowest BCUT2D eigenvalue weighted by Gasteiger charge is -2.19. The second-order valence-electron chi connectivity index (χ2n) is 4.09. The van der Waals surface area contributed by atoms with Gasteiger partial charge in [0.1, 0.15) is 17.2 Å². The number of carboxylic acid groups (broad SMARTS) is 1. The molecule has 0 aromatic carbocycles. The highest BCUT2D eigenvalue weighted by Gasteiger charge is 2.15. The van der Waals surface area contributed by atoms with Crippen molar-refractivity contribution >= 4 is 11.8 Å². The quantitative estimate of drug-likeness (QED) is 0.767. The van der Waals surface area contributed by atoms with Crippen LogP contribution in [0.15, 0.2) is 6.20 Å². The highest BCUT2D eigenvalue weighted by Crippen LogP contribution is 2.16. The summed E-state index contributed by atoms with van der Waals surface area (Å²) < 4.78 is 0. The number of aromatic nitrogens is 2. The summed E-state index contributed by atoms with van der Waals surface area (Å²) in [5.41, 5.74) is 0.162. The number of aromatic carboxylic acids is 1. The van der Waals surface area contributed by atoms with Crippen molar-refractivity contribution in [2.45, 2.75) is 33.1 Å². The predicted octanol–water partition coefficient (Wildman–Crippen LogP) is 2.11. The van der Waals surface area contributed by atoms with Crippen LogP contribution in [0.3, 0.4) is 0 Å². The molecule has 0 atom stereocenters. The van der Waals surface area contributed by atoms with Crippen molar-refractivity contribution < 1.29 is 9.90 Å². The Bertz CT molecular complexity index is 393. The average molecular weight is 237 g/mol. The van der Waals surface area contributed by atoms with Crippen molar-refractivity contribution in [1.29, 1.82) is 0 Å². The van der Waals surface area contributed by atoms with E-state index in [9.17, 15) is 4.79 Å². The van der Waals surface area contributed by atoms with Gasteiger partial charge in [-0.15, -0.1) is 0 Å². The molecule has 1 rings (SSSR count). The van der Waals surface area contributed by atoms with Crippen LogP contribution in [-0.2, 0) is 0 Å². The summed E-state index contributed by atoms with van der Waals surface area (Å²) in [6.45, 7) is 4.71. The molecule has 0 fully saturated rings. The lowest BCUT2D eigenvalue weighted by molar-refractivity contribution is 0.0696. The Morgan fingerprint density at radius 2 is 2.18 bits per heavy atom. The van der Waals surface area contributed by atoms with Crippen LogP contribution in [0, 0.1) is 6.92 Å². The van der Waals surface area contributed by atoms with E-state index in [1.165, 1.54) is 6.20 Å². The summed E-state index contributed by atoms with van der Waals surface area (Å²) >= 11 is 0. The van der Waals surface area contributed by atoms with E-state index >= 15 is 0 Å². The summed E-state index contributed by atoms with van der Waals surface area (Å²) in [5, 5.41) is 9.07. The first-order valence-corrected chi connectivity index (χ1v) is 5.84. The molecule has 0 aliphatic rings. The number of anilines is 1. The van der Waals surface area contributed by atoms with Gasteiger partial charge in [0.05, 0.1) is 0 Å². The minimum absolute atomic E-state index is 0.162. The first-order valence-electron chi connectivity index (χ1n) is 5.84. The van der Waals surface area contributed by atoms with Crippen molar-refractivity contribution in [2.75, 3.05) is 18.5 Å². The first kappa shape index (κ1) is 13.4. The molecule has 0 amide bonds. The monoisotopic (exact) mass is 237 g/mol. The molecule has 1 heterocycles. The fraction of sp³-hybridized carbons (Fsp3) is 0.583. The molecule has 0 radical (unpaired) electrons. The molecule has 94 valence electrons. The fourth-order valence-electron chi connectivity index (χ4n) is 1.60. The SMILES string of the molecule is CCCCCN(C)c1nc(C)ncc1C(=O)O. The van der Waals surface area contributed by atoms with Gasteiger partial charge in [0.25, 0.3) is 0 Å². The Morgan fingerprint density at radius 1 is 1.47 bits per heavy atom. The van der Waals surface area contributed by atoms with Crippen LogP contribution in [0.5, 0.6) is 0 Å².